The lowest BCUT2D eigenvalue weighted by Crippen LogP contribution is -2.54. The van der Waals surface area contributed by atoms with E-state index in [2.05, 4.69) is 0 Å². The van der Waals surface area contributed by atoms with Gasteiger partial charge in [-0.3, -0.25) is 0 Å². The molecule has 1 aromatic carbocycles. The van der Waals surface area contributed by atoms with Gasteiger partial charge in [0.05, 0.1) is 0 Å². The molecule has 1 aromatic rings. The van der Waals surface area contributed by atoms with Crippen LogP contribution in [0.2, 0.25) is 0 Å². The molecule has 0 saturated heterocycles. The minimum absolute atomic E-state index is 0.730. The van der Waals surface area contributed by atoms with E-state index in [0.717, 1.165) is 24.3 Å². The molecule has 0 fully saturated rings. The molecule has 0 aliphatic heterocycles. The Morgan fingerprint density at radius 2 is 1.37 bits per heavy atom. The van der Waals surface area contributed by atoms with Crippen LogP contribution in [0.25, 0.3) is 0 Å². The first-order valence-corrected chi connectivity index (χ1v) is 4.75. The Morgan fingerprint density at radius 3 is 1.74 bits per heavy atom. The first-order chi connectivity index (χ1) is 8.55. The van der Waals surface area contributed by atoms with Gasteiger partial charge in [0.1, 0.15) is 0 Å². The van der Waals surface area contributed by atoms with Crippen molar-refractivity contribution in [3.05, 3.63) is 40.8 Å². The zero-order valence-corrected chi connectivity index (χ0v) is 8.97. The summed E-state index contributed by atoms with van der Waals surface area (Å²) in [5.41, 5.74) is -0.730. The number of halogens is 7. The SMILES string of the molecule is O=NC(c1ccccc1)C(F)(F)C(F)(F)C(F)(F)F. The topological polar surface area (TPSA) is 29.4 Å². The molecule has 1 unspecified atom stereocenters. The molecule has 1 rings (SSSR count). The number of hydrogen-bond donors (Lipinski definition) is 0. The van der Waals surface area contributed by atoms with Gasteiger partial charge in [-0.2, -0.15) is 30.7 Å². The molecule has 0 N–H and O–H groups in total. The molecule has 9 heteroatoms. The quantitative estimate of drug-likeness (QED) is 0.599. The van der Waals surface area contributed by atoms with Crippen LogP contribution in [-0.2, 0) is 0 Å². The van der Waals surface area contributed by atoms with Crippen LogP contribution in [-0.4, -0.2) is 18.0 Å². The normalized spacial score (nSPS) is 15.1. The number of alkyl halides is 7. The maximum atomic E-state index is 13.3. The molecule has 106 valence electrons. The summed E-state index contributed by atoms with van der Waals surface area (Å²) in [5.74, 6) is -12.1. The lowest BCUT2D eigenvalue weighted by Gasteiger charge is -2.30. The third-order valence-electron chi connectivity index (χ3n) is 2.34. The van der Waals surface area contributed by atoms with Gasteiger partial charge in [-0.1, -0.05) is 35.5 Å². The van der Waals surface area contributed by atoms with E-state index in [4.69, 9.17) is 0 Å². The molecule has 0 aliphatic rings. The number of hydrogen-bond acceptors (Lipinski definition) is 2. The Kier molecular flexibility index (Phi) is 3.87. The van der Waals surface area contributed by atoms with Gasteiger partial charge in [0.2, 0.25) is 0 Å². The Hall–Kier alpha value is -1.67. The Balaban J connectivity index is 3.28. The number of rotatable bonds is 4. The lowest BCUT2D eigenvalue weighted by molar-refractivity contribution is -0.359. The second-order valence-electron chi connectivity index (χ2n) is 3.61. The fourth-order valence-corrected chi connectivity index (χ4v) is 1.33. The molecule has 0 bridgehead atoms. The van der Waals surface area contributed by atoms with Crippen molar-refractivity contribution in [2.24, 2.45) is 5.18 Å². The molecule has 19 heavy (non-hydrogen) atoms. The molecular formula is C10H6F7NO. The zero-order valence-electron chi connectivity index (χ0n) is 8.97. The van der Waals surface area contributed by atoms with Gasteiger partial charge in [0.25, 0.3) is 0 Å². The minimum atomic E-state index is -6.49. The molecule has 1 atom stereocenters. The summed E-state index contributed by atoms with van der Waals surface area (Å²) in [6.07, 6.45) is -6.49. The summed E-state index contributed by atoms with van der Waals surface area (Å²) in [5, 5.41) is 1.73. The summed E-state index contributed by atoms with van der Waals surface area (Å²) in [6.45, 7) is 0. The van der Waals surface area contributed by atoms with Gasteiger partial charge in [-0.25, -0.2) is 0 Å². The van der Waals surface area contributed by atoms with Crippen molar-refractivity contribution in [3.63, 3.8) is 0 Å². The van der Waals surface area contributed by atoms with Crippen LogP contribution < -0.4 is 0 Å². The van der Waals surface area contributed by atoms with Crippen LogP contribution in [0.5, 0.6) is 0 Å². The summed E-state index contributed by atoms with van der Waals surface area (Å²) in [6, 6.07) is 2.01. The van der Waals surface area contributed by atoms with Crippen molar-refractivity contribution in [2.45, 2.75) is 24.1 Å². The van der Waals surface area contributed by atoms with Gasteiger partial charge in [0, 0.05) is 0 Å². The van der Waals surface area contributed by atoms with E-state index in [1.165, 1.54) is 6.07 Å². The maximum Gasteiger partial charge on any atom is 0.459 e. The standard InChI is InChI=1S/C10H6F7NO/c11-8(12,9(13,14)10(15,16)17)7(18-19)6-4-2-1-3-5-6/h1-5,7H. The van der Waals surface area contributed by atoms with Crippen molar-refractivity contribution < 1.29 is 30.7 Å². The van der Waals surface area contributed by atoms with Gasteiger partial charge < -0.3 is 0 Å². The highest BCUT2D eigenvalue weighted by molar-refractivity contribution is 5.23. The molecule has 0 spiro atoms. The second-order valence-corrected chi connectivity index (χ2v) is 3.61. The predicted molar refractivity (Wildman–Crippen MR) is 50.9 cm³/mol. The van der Waals surface area contributed by atoms with E-state index >= 15 is 0 Å². The number of nitrogens with zero attached hydrogens (tertiary/aromatic N) is 1. The van der Waals surface area contributed by atoms with Crippen LogP contribution >= 0.6 is 0 Å². The molecule has 0 heterocycles. The van der Waals surface area contributed by atoms with E-state index in [-0.39, 0.29) is 0 Å². The van der Waals surface area contributed by atoms with Gasteiger partial charge in [0.15, 0.2) is 6.04 Å². The average molecular weight is 289 g/mol. The van der Waals surface area contributed by atoms with Crippen LogP contribution in [0.3, 0.4) is 0 Å². The molecule has 2 nitrogen and oxygen atoms in total. The van der Waals surface area contributed by atoms with Gasteiger partial charge in [-0.15, -0.1) is 4.91 Å². The van der Waals surface area contributed by atoms with E-state index in [9.17, 15) is 35.6 Å². The van der Waals surface area contributed by atoms with Gasteiger partial charge >= 0.3 is 18.0 Å². The number of benzene rings is 1. The molecule has 0 radical (unpaired) electrons. The summed E-state index contributed by atoms with van der Waals surface area (Å²) < 4.78 is 88.0. The zero-order chi connectivity index (χ0) is 14.9. The third kappa shape index (κ3) is 2.54. The summed E-state index contributed by atoms with van der Waals surface area (Å²) in [7, 11) is 0. The highest BCUT2D eigenvalue weighted by Crippen LogP contribution is 2.52. The first-order valence-electron chi connectivity index (χ1n) is 4.75. The monoisotopic (exact) mass is 289 g/mol. The maximum absolute atomic E-state index is 13.3. The van der Waals surface area contributed by atoms with E-state index < -0.39 is 29.6 Å². The van der Waals surface area contributed by atoms with E-state index in [1.807, 2.05) is 0 Å². The Morgan fingerprint density at radius 1 is 0.895 bits per heavy atom. The second kappa shape index (κ2) is 4.78. The number of nitroso groups, excluding NO2 is 1. The largest absolute Gasteiger partial charge is 0.459 e. The predicted octanol–water partition coefficient (Wildman–Crippen LogP) is 4.33. The van der Waals surface area contributed by atoms with Crippen molar-refractivity contribution in [3.8, 4) is 0 Å². The van der Waals surface area contributed by atoms with Crippen molar-refractivity contribution in [1.29, 1.82) is 0 Å². The highest BCUT2D eigenvalue weighted by Gasteiger charge is 2.76. The molecular weight excluding hydrogens is 283 g/mol. The van der Waals surface area contributed by atoms with Crippen molar-refractivity contribution in [2.75, 3.05) is 0 Å². The van der Waals surface area contributed by atoms with Crippen LogP contribution in [0.1, 0.15) is 11.6 Å². The molecule has 0 aliphatic carbocycles. The molecule has 0 amide bonds. The van der Waals surface area contributed by atoms with Crippen molar-refractivity contribution >= 4 is 0 Å². The van der Waals surface area contributed by atoms with E-state index in [0.29, 0.717) is 0 Å². The first kappa shape index (κ1) is 15.4. The average Bonchev–Trinajstić information content (AvgIpc) is 2.29. The smallest absolute Gasteiger partial charge is 0.196 e. The minimum Gasteiger partial charge on any atom is -0.196 e. The van der Waals surface area contributed by atoms with E-state index in [1.54, 1.807) is 5.18 Å². The fraction of sp³-hybridized carbons (Fsp3) is 0.400. The third-order valence-corrected chi connectivity index (χ3v) is 2.34. The van der Waals surface area contributed by atoms with Crippen LogP contribution in [0.4, 0.5) is 30.7 Å². The lowest BCUT2D eigenvalue weighted by atomic mass is 9.96. The Labute approximate surface area is 102 Å². The molecule has 0 aromatic heterocycles. The highest BCUT2D eigenvalue weighted by atomic mass is 19.4. The van der Waals surface area contributed by atoms with Crippen LogP contribution in [0, 0.1) is 4.91 Å². The van der Waals surface area contributed by atoms with Crippen molar-refractivity contribution in [1.82, 2.24) is 0 Å². The summed E-state index contributed by atoms with van der Waals surface area (Å²) in [4.78, 5) is 10.3. The summed E-state index contributed by atoms with van der Waals surface area (Å²) >= 11 is 0. The molecule has 0 saturated carbocycles. The fourth-order valence-electron chi connectivity index (χ4n) is 1.33. The van der Waals surface area contributed by atoms with Gasteiger partial charge in [-0.05, 0) is 5.56 Å². The Bertz CT molecular complexity index is 443. The van der Waals surface area contributed by atoms with Crippen LogP contribution in [0.15, 0.2) is 35.5 Å².